The fourth-order valence-electron chi connectivity index (χ4n) is 2.72. The van der Waals surface area contributed by atoms with E-state index in [1.165, 1.54) is 25.5 Å². The number of piperidine rings is 1. The fraction of sp³-hybridized carbons (Fsp3) is 0.533. The molecule has 3 nitrogen and oxygen atoms in total. The van der Waals surface area contributed by atoms with E-state index in [0.717, 1.165) is 11.4 Å². The molecule has 0 radical (unpaired) electrons. The van der Waals surface area contributed by atoms with E-state index < -0.39 is 0 Å². The van der Waals surface area contributed by atoms with Gasteiger partial charge in [0.05, 0.1) is 5.02 Å². The van der Waals surface area contributed by atoms with Crippen LogP contribution in [0, 0.1) is 5.41 Å². The molecule has 1 aromatic carbocycles. The van der Waals surface area contributed by atoms with Gasteiger partial charge in [-0.05, 0) is 45.0 Å². The largest absolute Gasteiger partial charge is 0.398 e. The number of nitrogens with one attached hydrogen (secondary N) is 1. The predicted octanol–water partition coefficient (Wildman–Crippen LogP) is 3.88. The minimum atomic E-state index is 0.573. The summed E-state index contributed by atoms with van der Waals surface area (Å²) in [6.07, 6.45) is 4.80. The quantitative estimate of drug-likeness (QED) is 0.655. The molecule has 1 aliphatic heterocycles. The third-order valence-corrected chi connectivity index (χ3v) is 5.92. The zero-order chi connectivity index (χ0) is 14.7. The molecule has 20 heavy (non-hydrogen) atoms. The summed E-state index contributed by atoms with van der Waals surface area (Å²) in [6, 6.07) is 4.49. The van der Waals surface area contributed by atoms with Crippen LogP contribution in [-0.4, -0.2) is 36.0 Å². The maximum atomic E-state index is 7.42. The molecule has 0 aromatic heterocycles. The highest BCUT2D eigenvalue weighted by Crippen LogP contribution is 2.38. The molecular weight excluding hydrogens is 290 g/mol. The van der Waals surface area contributed by atoms with E-state index in [1.54, 1.807) is 0 Å². The number of nitrogens with zero attached hydrogens (tertiary/aromatic N) is 1. The van der Waals surface area contributed by atoms with Gasteiger partial charge in [-0.1, -0.05) is 18.5 Å². The zero-order valence-corrected chi connectivity index (χ0v) is 13.6. The average Bonchev–Trinajstić information content (AvgIpc) is 2.44. The van der Waals surface area contributed by atoms with Gasteiger partial charge < -0.3 is 16.0 Å². The Hall–Kier alpha value is -0.710. The first-order valence-corrected chi connectivity index (χ1v) is 8.27. The molecule has 1 aromatic rings. The number of benzene rings is 1. The first-order chi connectivity index (χ1) is 9.56. The van der Waals surface area contributed by atoms with Gasteiger partial charge in [0.25, 0.3) is 0 Å². The van der Waals surface area contributed by atoms with Crippen molar-refractivity contribution >= 4 is 35.3 Å². The van der Waals surface area contributed by atoms with Gasteiger partial charge in [-0.25, -0.2) is 0 Å². The molecule has 0 bridgehead atoms. The average molecular weight is 312 g/mol. The number of thioether (sulfide) groups is 1. The number of hydrogen-bond acceptors (Lipinski definition) is 4. The van der Waals surface area contributed by atoms with Gasteiger partial charge in [0.1, 0.15) is 0 Å². The van der Waals surface area contributed by atoms with Gasteiger partial charge in [-0.2, -0.15) is 0 Å². The highest BCUT2D eigenvalue weighted by atomic mass is 35.5. The summed E-state index contributed by atoms with van der Waals surface area (Å²) in [5, 5.41) is 8.64. The van der Waals surface area contributed by atoms with E-state index in [1.807, 2.05) is 23.9 Å². The zero-order valence-electron chi connectivity index (χ0n) is 12.0. The Labute approximate surface area is 130 Å². The van der Waals surface area contributed by atoms with Crippen LogP contribution in [0.3, 0.4) is 0 Å². The van der Waals surface area contributed by atoms with Gasteiger partial charge >= 0.3 is 0 Å². The minimum absolute atomic E-state index is 0.573. The van der Waals surface area contributed by atoms with Crippen LogP contribution in [-0.2, 0) is 0 Å². The Balaban J connectivity index is 2.13. The molecule has 3 N–H and O–H groups in total. The van der Waals surface area contributed by atoms with Gasteiger partial charge in [0.2, 0.25) is 0 Å². The van der Waals surface area contributed by atoms with Crippen LogP contribution in [0.4, 0.5) is 5.69 Å². The van der Waals surface area contributed by atoms with Crippen LogP contribution in [0.25, 0.3) is 0 Å². The number of nitrogen functional groups attached to an aromatic ring is 1. The van der Waals surface area contributed by atoms with Crippen LogP contribution < -0.4 is 5.73 Å². The lowest BCUT2D eigenvalue weighted by Crippen LogP contribution is -2.40. The summed E-state index contributed by atoms with van der Waals surface area (Å²) < 4.78 is 0. The molecule has 5 heteroatoms. The first kappa shape index (κ1) is 15.7. The molecule has 0 saturated carbocycles. The number of hydrogen-bond donors (Lipinski definition) is 2. The number of rotatable bonds is 4. The van der Waals surface area contributed by atoms with Crippen molar-refractivity contribution in [2.24, 2.45) is 0 Å². The first-order valence-electron chi connectivity index (χ1n) is 7.02. The Kier molecular flexibility index (Phi) is 5.35. The number of anilines is 1. The lowest BCUT2D eigenvalue weighted by Gasteiger charge is -2.36. The summed E-state index contributed by atoms with van der Waals surface area (Å²) in [4.78, 5) is 3.49. The van der Waals surface area contributed by atoms with Crippen molar-refractivity contribution < 1.29 is 0 Å². The molecule has 2 rings (SSSR count). The standard InChI is InChI=1S/C15H22ClN3S/c1-3-10-8-11(6-7-19(10)2)20-14-5-4-13(18)12(9-17)15(14)16/h4-5,9-11,17H,3,6-8,18H2,1-2H3/t10-,11?/m0/s1. The predicted molar refractivity (Wildman–Crippen MR) is 89.3 cm³/mol. The van der Waals surface area contributed by atoms with E-state index in [2.05, 4.69) is 18.9 Å². The molecule has 110 valence electrons. The van der Waals surface area contributed by atoms with Crippen LogP contribution in [0.1, 0.15) is 31.7 Å². The van der Waals surface area contributed by atoms with Crippen molar-refractivity contribution in [3.8, 4) is 0 Å². The van der Waals surface area contributed by atoms with Crippen molar-refractivity contribution in [2.75, 3.05) is 19.3 Å². The normalized spacial score (nSPS) is 23.8. The molecule has 1 heterocycles. The van der Waals surface area contributed by atoms with Crippen molar-refractivity contribution in [3.05, 3.63) is 22.7 Å². The van der Waals surface area contributed by atoms with Crippen molar-refractivity contribution in [1.82, 2.24) is 4.90 Å². The van der Waals surface area contributed by atoms with Crippen molar-refractivity contribution in [2.45, 2.75) is 42.4 Å². The maximum Gasteiger partial charge on any atom is 0.0650 e. The monoisotopic (exact) mass is 311 g/mol. The number of likely N-dealkylation sites (tertiary alicyclic amines) is 1. The molecular formula is C15H22ClN3S. The fourth-order valence-corrected chi connectivity index (χ4v) is 4.34. The van der Waals surface area contributed by atoms with Gasteiger partial charge in [0.15, 0.2) is 0 Å². The summed E-state index contributed by atoms with van der Waals surface area (Å²) >= 11 is 8.20. The Morgan fingerprint density at radius 3 is 2.95 bits per heavy atom. The lowest BCUT2D eigenvalue weighted by molar-refractivity contribution is 0.185. The van der Waals surface area contributed by atoms with Crippen LogP contribution in [0.15, 0.2) is 17.0 Å². The molecule has 1 fully saturated rings. The summed E-state index contributed by atoms with van der Waals surface area (Å²) in [5.74, 6) is 0. The van der Waals surface area contributed by atoms with Gasteiger partial charge in [-0.3, -0.25) is 0 Å². The number of nitrogens with two attached hydrogens (primary N) is 1. The third-order valence-electron chi connectivity index (χ3n) is 4.05. The second-order valence-corrected chi connectivity index (χ2v) is 7.05. The highest BCUT2D eigenvalue weighted by molar-refractivity contribution is 8.00. The minimum Gasteiger partial charge on any atom is -0.398 e. The molecule has 0 amide bonds. The summed E-state index contributed by atoms with van der Waals surface area (Å²) in [5.41, 5.74) is 7.05. The van der Waals surface area contributed by atoms with E-state index >= 15 is 0 Å². The lowest BCUT2D eigenvalue weighted by atomic mass is 10.0. The molecule has 1 saturated heterocycles. The molecule has 1 unspecified atom stereocenters. The number of halogens is 1. The van der Waals surface area contributed by atoms with Crippen LogP contribution in [0.2, 0.25) is 5.02 Å². The van der Waals surface area contributed by atoms with E-state index in [4.69, 9.17) is 22.7 Å². The smallest absolute Gasteiger partial charge is 0.0650 e. The van der Waals surface area contributed by atoms with Crippen molar-refractivity contribution in [1.29, 1.82) is 5.41 Å². The topological polar surface area (TPSA) is 53.1 Å². The summed E-state index contributed by atoms with van der Waals surface area (Å²) in [6.45, 7) is 3.39. The van der Waals surface area contributed by atoms with Crippen LogP contribution in [0.5, 0.6) is 0 Å². The molecule has 2 atom stereocenters. The molecule has 1 aliphatic rings. The van der Waals surface area contributed by atoms with E-state index in [9.17, 15) is 0 Å². The Bertz CT molecular complexity index is 492. The van der Waals surface area contributed by atoms with E-state index in [-0.39, 0.29) is 0 Å². The summed E-state index contributed by atoms with van der Waals surface area (Å²) in [7, 11) is 2.21. The molecule has 0 aliphatic carbocycles. The van der Waals surface area contributed by atoms with Gasteiger partial charge in [-0.15, -0.1) is 11.8 Å². The second-order valence-electron chi connectivity index (χ2n) is 5.33. The second kappa shape index (κ2) is 6.83. The van der Waals surface area contributed by atoms with Gasteiger partial charge in [0, 0.05) is 33.7 Å². The van der Waals surface area contributed by atoms with E-state index in [0.29, 0.717) is 27.6 Å². The Morgan fingerprint density at radius 1 is 1.55 bits per heavy atom. The third kappa shape index (κ3) is 3.30. The van der Waals surface area contributed by atoms with Crippen molar-refractivity contribution in [3.63, 3.8) is 0 Å². The molecule has 0 spiro atoms. The maximum absolute atomic E-state index is 7.42. The highest BCUT2D eigenvalue weighted by Gasteiger charge is 2.26. The van der Waals surface area contributed by atoms with Crippen LogP contribution >= 0.6 is 23.4 Å². The Morgan fingerprint density at radius 2 is 2.30 bits per heavy atom. The SMILES string of the molecule is CC[C@H]1CC(Sc2ccc(N)c(C=N)c2Cl)CCN1C.